The molecule has 0 spiro atoms. The molecule has 0 saturated carbocycles. The number of nitro groups is 2. The molecule has 2 rings (SSSR count). The lowest BCUT2D eigenvalue weighted by Gasteiger charge is -2.15. The monoisotopic (exact) mass is 386 g/mol. The molecule has 1 heterocycles. The molecule has 0 fully saturated rings. The molecule has 1 N–H and O–H groups in total. The van der Waals surface area contributed by atoms with Crippen LogP contribution in [0.3, 0.4) is 0 Å². The number of nitro benzene ring substituents is 2. The highest BCUT2D eigenvalue weighted by atomic mass is 16.6. The van der Waals surface area contributed by atoms with Crippen LogP contribution in [0.4, 0.5) is 22.7 Å². The third kappa shape index (κ3) is 3.54. The molecule has 0 saturated heterocycles. The number of rotatable bonds is 5. The molecule has 144 valence electrons. The van der Waals surface area contributed by atoms with Crippen molar-refractivity contribution in [1.82, 2.24) is 4.57 Å². The van der Waals surface area contributed by atoms with E-state index in [2.05, 4.69) is 10.2 Å². The molecule has 0 atom stereocenters. The Morgan fingerprint density at radius 1 is 1.21 bits per heavy atom. The van der Waals surface area contributed by atoms with Gasteiger partial charge in [0.1, 0.15) is 11.6 Å². The van der Waals surface area contributed by atoms with Gasteiger partial charge in [0, 0.05) is 17.7 Å². The molecule has 12 nitrogen and oxygen atoms in total. The van der Waals surface area contributed by atoms with Gasteiger partial charge in [0.15, 0.2) is 11.4 Å². The van der Waals surface area contributed by atoms with Crippen LogP contribution in [0.2, 0.25) is 0 Å². The van der Waals surface area contributed by atoms with Gasteiger partial charge in [-0.3, -0.25) is 29.6 Å². The van der Waals surface area contributed by atoms with E-state index in [0.29, 0.717) is 0 Å². The lowest BCUT2D eigenvalue weighted by molar-refractivity contribution is -0.393. The van der Waals surface area contributed by atoms with Crippen molar-refractivity contribution in [3.63, 3.8) is 0 Å². The van der Waals surface area contributed by atoms with E-state index < -0.39 is 38.7 Å². The SMILES string of the molecule is Cc1c(C#N)c(O)n(C(C)C)c(=O)c1N=Nc1ccc([N+](=O)[O-])cc1[N+](=O)[O-]. The first-order valence-corrected chi connectivity index (χ1v) is 7.82. The van der Waals surface area contributed by atoms with Gasteiger partial charge in [-0.2, -0.15) is 5.26 Å². The standard InChI is InChI=1S/C16H14N6O6/c1-8(2)20-15(23)11(7-17)9(3)14(16(20)24)19-18-12-5-4-10(21(25)26)6-13(12)22(27)28/h4-6,8,23H,1-3H3. The van der Waals surface area contributed by atoms with E-state index in [9.17, 15) is 35.4 Å². The summed E-state index contributed by atoms with van der Waals surface area (Å²) in [6, 6.07) is 4.05. The molecular weight excluding hydrogens is 372 g/mol. The second-order valence-electron chi connectivity index (χ2n) is 5.94. The van der Waals surface area contributed by atoms with Gasteiger partial charge in [0.25, 0.3) is 11.2 Å². The van der Waals surface area contributed by atoms with Crippen LogP contribution in [0.25, 0.3) is 0 Å². The number of aromatic hydroxyl groups is 1. The van der Waals surface area contributed by atoms with Crippen molar-refractivity contribution in [1.29, 1.82) is 5.26 Å². The number of aromatic nitrogens is 1. The van der Waals surface area contributed by atoms with Gasteiger partial charge < -0.3 is 5.11 Å². The summed E-state index contributed by atoms with van der Waals surface area (Å²) < 4.78 is 0.949. The molecule has 1 aromatic heterocycles. The molecule has 0 unspecified atom stereocenters. The zero-order valence-electron chi connectivity index (χ0n) is 15.0. The first-order valence-electron chi connectivity index (χ1n) is 7.82. The molecule has 2 aromatic rings. The third-order valence-electron chi connectivity index (χ3n) is 3.86. The number of hydrogen-bond acceptors (Lipinski definition) is 9. The van der Waals surface area contributed by atoms with Crippen LogP contribution in [0.15, 0.2) is 33.2 Å². The Bertz CT molecular complexity index is 1110. The molecule has 0 aliphatic rings. The van der Waals surface area contributed by atoms with E-state index in [1.54, 1.807) is 19.9 Å². The molecule has 0 radical (unpaired) electrons. The first kappa shape index (κ1) is 20.2. The van der Waals surface area contributed by atoms with Crippen molar-refractivity contribution >= 4 is 22.7 Å². The zero-order valence-corrected chi connectivity index (χ0v) is 15.0. The van der Waals surface area contributed by atoms with E-state index in [0.717, 1.165) is 22.8 Å². The van der Waals surface area contributed by atoms with Crippen LogP contribution in [-0.2, 0) is 0 Å². The predicted molar refractivity (Wildman–Crippen MR) is 96.1 cm³/mol. The molecule has 12 heteroatoms. The number of non-ortho nitro benzene ring substituents is 1. The maximum Gasteiger partial charge on any atom is 0.303 e. The van der Waals surface area contributed by atoms with Crippen LogP contribution in [0.1, 0.15) is 31.0 Å². The topological polar surface area (TPSA) is 177 Å². The number of benzene rings is 1. The molecule has 0 aliphatic heterocycles. The smallest absolute Gasteiger partial charge is 0.303 e. The van der Waals surface area contributed by atoms with Crippen LogP contribution in [0.5, 0.6) is 5.88 Å². The van der Waals surface area contributed by atoms with E-state index >= 15 is 0 Å². The molecular formula is C16H14N6O6. The van der Waals surface area contributed by atoms with Crippen molar-refractivity contribution in [2.75, 3.05) is 0 Å². The lowest BCUT2D eigenvalue weighted by Crippen LogP contribution is -2.23. The van der Waals surface area contributed by atoms with E-state index in [-0.39, 0.29) is 22.5 Å². The summed E-state index contributed by atoms with van der Waals surface area (Å²) >= 11 is 0. The zero-order chi connectivity index (χ0) is 21.2. The Morgan fingerprint density at radius 3 is 2.36 bits per heavy atom. The van der Waals surface area contributed by atoms with Crippen LogP contribution < -0.4 is 5.56 Å². The molecule has 0 amide bonds. The highest BCUT2D eigenvalue weighted by Gasteiger charge is 2.22. The largest absolute Gasteiger partial charge is 0.493 e. The van der Waals surface area contributed by atoms with Crippen molar-refractivity contribution in [2.24, 2.45) is 10.2 Å². The second kappa shape index (κ2) is 7.62. The Balaban J connectivity index is 2.70. The van der Waals surface area contributed by atoms with Crippen molar-refractivity contribution < 1.29 is 15.0 Å². The minimum absolute atomic E-state index is 0.0511. The fourth-order valence-corrected chi connectivity index (χ4v) is 2.47. The number of azo groups is 1. The van der Waals surface area contributed by atoms with Gasteiger partial charge in [-0.25, -0.2) is 0 Å². The Morgan fingerprint density at radius 2 is 1.86 bits per heavy atom. The summed E-state index contributed by atoms with van der Waals surface area (Å²) in [5.41, 5.74) is -2.62. The average molecular weight is 386 g/mol. The van der Waals surface area contributed by atoms with Crippen molar-refractivity contribution in [2.45, 2.75) is 26.8 Å². The first-order chi connectivity index (χ1) is 13.1. The minimum atomic E-state index is -0.863. The second-order valence-corrected chi connectivity index (χ2v) is 5.94. The number of nitrogens with zero attached hydrogens (tertiary/aromatic N) is 6. The maximum absolute atomic E-state index is 12.6. The fourth-order valence-electron chi connectivity index (χ4n) is 2.47. The van der Waals surface area contributed by atoms with E-state index in [4.69, 9.17) is 0 Å². The Hall–Kier alpha value is -4.14. The molecule has 0 aliphatic carbocycles. The van der Waals surface area contributed by atoms with Gasteiger partial charge in [0.2, 0.25) is 5.88 Å². The summed E-state index contributed by atoms with van der Waals surface area (Å²) in [5, 5.41) is 48.8. The van der Waals surface area contributed by atoms with Crippen LogP contribution in [-0.4, -0.2) is 19.5 Å². The summed E-state index contributed by atoms with van der Waals surface area (Å²) in [4.78, 5) is 32.9. The normalized spacial score (nSPS) is 11.0. The Kier molecular flexibility index (Phi) is 5.49. The summed E-state index contributed by atoms with van der Waals surface area (Å²) in [5.74, 6) is -0.514. The third-order valence-corrected chi connectivity index (χ3v) is 3.86. The highest BCUT2D eigenvalue weighted by molar-refractivity contribution is 5.62. The molecule has 1 aromatic carbocycles. The highest BCUT2D eigenvalue weighted by Crippen LogP contribution is 2.33. The average Bonchev–Trinajstić information content (AvgIpc) is 2.61. The van der Waals surface area contributed by atoms with Crippen molar-refractivity contribution in [3.05, 3.63) is 59.9 Å². The van der Waals surface area contributed by atoms with Gasteiger partial charge in [-0.1, -0.05) is 0 Å². The Labute approximate surface area is 157 Å². The van der Waals surface area contributed by atoms with E-state index in [1.165, 1.54) is 6.92 Å². The van der Waals surface area contributed by atoms with Crippen LogP contribution >= 0.6 is 0 Å². The minimum Gasteiger partial charge on any atom is -0.493 e. The fraction of sp³-hybridized carbons (Fsp3) is 0.250. The van der Waals surface area contributed by atoms with Gasteiger partial charge in [-0.15, -0.1) is 10.2 Å². The number of pyridine rings is 1. The maximum atomic E-state index is 12.6. The summed E-state index contributed by atoms with van der Waals surface area (Å²) in [6.07, 6.45) is 0. The lowest BCUT2D eigenvalue weighted by atomic mass is 10.1. The summed E-state index contributed by atoms with van der Waals surface area (Å²) in [7, 11) is 0. The molecule has 28 heavy (non-hydrogen) atoms. The summed E-state index contributed by atoms with van der Waals surface area (Å²) in [6.45, 7) is 4.60. The predicted octanol–water partition coefficient (Wildman–Crippen LogP) is 3.55. The van der Waals surface area contributed by atoms with Gasteiger partial charge in [-0.05, 0) is 26.8 Å². The number of nitriles is 1. The van der Waals surface area contributed by atoms with Crippen molar-refractivity contribution in [3.8, 4) is 11.9 Å². The van der Waals surface area contributed by atoms with E-state index in [1.807, 2.05) is 0 Å². The van der Waals surface area contributed by atoms with Crippen LogP contribution in [0, 0.1) is 38.5 Å². The molecule has 0 bridgehead atoms. The van der Waals surface area contributed by atoms with Gasteiger partial charge in [0.05, 0.1) is 15.9 Å². The number of hydrogen-bond donors (Lipinski definition) is 1. The quantitative estimate of drug-likeness (QED) is 0.463. The van der Waals surface area contributed by atoms with Gasteiger partial charge >= 0.3 is 5.69 Å².